The molecule has 0 saturated heterocycles. The minimum Gasteiger partial charge on any atom is -0.454 e. The average Bonchev–Trinajstić information content (AvgIpc) is 3.48. The molecular weight excluding hydrogens is 444 g/mol. The van der Waals surface area contributed by atoms with Gasteiger partial charge in [0.05, 0.1) is 22.9 Å². The fourth-order valence-electron chi connectivity index (χ4n) is 3.31. The molecule has 0 amide bonds. The molecular formula is C23H16N4O5S. The Kier molecular flexibility index (Phi) is 5.16. The second-order valence-electron chi connectivity index (χ2n) is 7.19. The largest absolute Gasteiger partial charge is 0.454 e. The molecule has 0 aliphatic carbocycles. The molecule has 3 aromatic carbocycles. The zero-order chi connectivity index (χ0) is 22.8. The number of hydrogen-bond donors (Lipinski definition) is 1. The fraction of sp³-hybridized carbons (Fsp3) is 0.0870. The Morgan fingerprint density at radius 3 is 2.61 bits per heavy atom. The van der Waals surface area contributed by atoms with Gasteiger partial charge >= 0.3 is 0 Å². The monoisotopic (exact) mass is 460 g/mol. The van der Waals surface area contributed by atoms with Crippen molar-refractivity contribution in [3.05, 3.63) is 83.7 Å². The maximum Gasteiger partial charge on any atom is 0.261 e. The van der Waals surface area contributed by atoms with Gasteiger partial charge in [-0.15, -0.1) is 10.2 Å². The van der Waals surface area contributed by atoms with Crippen LogP contribution in [0.3, 0.4) is 0 Å². The highest BCUT2D eigenvalue weighted by Crippen LogP contribution is 2.33. The summed E-state index contributed by atoms with van der Waals surface area (Å²) in [6.07, 6.45) is 0.411. The van der Waals surface area contributed by atoms with E-state index in [1.165, 1.54) is 24.3 Å². The second-order valence-corrected chi connectivity index (χ2v) is 8.87. The topological polar surface area (TPSA) is 127 Å². The predicted octanol–water partition coefficient (Wildman–Crippen LogP) is 3.73. The molecule has 1 N–H and O–H groups in total. The third kappa shape index (κ3) is 4.35. The molecule has 33 heavy (non-hydrogen) atoms. The number of rotatable bonds is 6. The number of aromatic nitrogens is 2. The fourth-order valence-corrected chi connectivity index (χ4v) is 4.36. The van der Waals surface area contributed by atoms with Crippen molar-refractivity contribution in [2.75, 3.05) is 11.5 Å². The van der Waals surface area contributed by atoms with E-state index >= 15 is 0 Å². The number of hydrogen-bond acceptors (Lipinski definition) is 8. The van der Waals surface area contributed by atoms with Gasteiger partial charge in [0.25, 0.3) is 10.0 Å². The van der Waals surface area contributed by atoms with Crippen LogP contribution in [0.1, 0.15) is 17.0 Å². The lowest BCUT2D eigenvalue weighted by molar-refractivity contribution is 0.174. The van der Waals surface area contributed by atoms with Gasteiger partial charge in [0.2, 0.25) is 18.6 Å². The number of ether oxygens (including phenoxy) is 2. The minimum absolute atomic E-state index is 0.0516. The third-order valence-corrected chi connectivity index (χ3v) is 6.31. The molecule has 0 atom stereocenters. The van der Waals surface area contributed by atoms with Crippen LogP contribution in [-0.2, 0) is 16.4 Å². The molecule has 1 aromatic heterocycles. The molecule has 164 valence electrons. The Morgan fingerprint density at radius 2 is 1.79 bits per heavy atom. The quantitative estimate of drug-likeness (QED) is 0.461. The summed E-state index contributed by atoms with van der Waals surface area (Å²) in [4.78, 5) is 0.0516. The maximum absolute atomic E-state index is 12.7. The highest BCUT2D eigenvalue weighted by atomic mass is 32.2. The van der Waals surface area contributed by atoms with Crippen molar-refractivity contribution >= 4 is 15.7 Å². The lowest BCUT2D eigenvalue weighted by Crippen LogP contribution is -2.12. The molecule has 0 spiro atoms. The van der Waals surface area contributed by atoms with E-state index in [-0.39, 0.29) is 17.6 Å². The van der Waals surface area contributed by atoms with Gasteiger partial charge in [0, 0.05) is 11.3 Å². The van der Waals surface area contributed by atoms with E-state index in [9.17, 15) is 8.42 Å². The number of nitrogens with one attached hydrogen (secondary N) is 1. The Labute approximate surface area is 189 Å². The first-order valence-electron chi connectivity index (χ1n) is 9.84. The molecule has 10 heteroatoms. The number of nitrogens with zero attached hydrogens (tertiary/aromatic N) is 3. The summed E-state index contributed by atoms with van der Waals surface area (Å²) in [5.74, 6) is 2.05. The lowest BCUT2D eigenvalue weighted by Gasteiger charge is -2.08. The normalized spacial score (nSPS) is 12.3. The smallest absolute Gasteiger partial charge is 0.261 e. The van der Waals surface area contributed by atoms with Gasteiger partial charge in [0.1, 0.15) is 0 Å². The van der Waals surface area contributed by atoms with E-state index < -0.39 is 10.0 Å². The molecule has 0 radical (unpaired) electrons. The molecule has 1 aliphatic rings. The SMILES string of the molecule is N#Cc1ccc(S(=O)(=O)Nc2cccc(-c3nnc(Cc4ccc5c(c4)OCO5)o3)c2)cc1. The van der Waals surface area contributed by atoms with E-state index in [4.69, 9.17) is 19.2 Å². The Hall–Kier alpha value is -4.36. The number of nitriles is 1. The van der Waals surface area contributed by atoms with Gasteiger partial charge in [-0.25, -0.2) is 8.42 Å². The van der Waals surface area contributed by atoms with Crippen LogP contribution in [-0.4, -0.2) is 25.4 Å². The van der Waals surface area contributed by atoms with Gasteiger partial charge in [-0.2, -0.15) is 5.26 Å². The molecule has 2 heterocycles. The van der Waals surface area contributed by atoms with Crippen LogP contribution in [0.2, 0.25) is 0 Å². The number of sulfonamides is 1. The van der Waals surface area contributed by atoms with Crippen molar-refractivity contribution in [3.63, 3.8) is 0 Å². The Bertz CT molecular complexity index is 1470. The van der Waals surface area contributed by atoms with Crippen LogP contribution < -0.4 is 14.2 Å². The first-order chi connectivity index (χ1) is 16.0. The van der Waals surface area contributed by atoms with Gasteiger partial charge in [-0.05, 0) is 60.2 Å². The average molecular weight is 460 g/mol. The number of benzene rings is 3. The van der Waals surface area contributed by atoms with Crippen molar-refractivity contribution in [1.82, 2.24) is 10.2 Å². The number of anilines is 1. The third-order valence-electron chi connectivity index (χ3n) is 4.91. The molecule has 0 unspecified atom stereocenters. The van der Waals surface area contributed by atoms with Gasteiger partial charge in [-0.3, -0.25) is 4.72 Å². The molecule has 9 nitrogen and oxygen atoms in total. The highest BCUT2D eigenvalue weighted by Gasteiger charge is 2.17. The zero-order valence-corrected chi connectivity index (χ0v) is 17.9. The summed E-state index contributed by atoms with van der Waals surface area (Å²) in [5, 5.41) is 17.1. The van der Waals surface area contributed by atoms with Crippen LogP contribution in [0.5, 0.6) is 11.5 Å². The maximum atomic E-state index is 12.7. The van der Waals surface area contributed by atoms with E-state index in [2.05, 4.69) is 14.9 Å². The molecule has 1 aliphatic heterocycles. The Balaban J connectivity index is 1.33. The van der Waals surface area contributed by atoms with Gasteiger partial charge in [0.15, 0.2) is 11.5 Å². The van der Waals surface area contributed by atoms with E-state index in [1.807, 2.05) is 24.3 Å². The van der Waals surface area contributed by atoms with Crippen LogP contribution in [0, 0.1) is 11.3 Å². The van der Waals surface area contributed by atoms with E-state index in [1.54, 1.807) is 24.3 Å². The molecule has 4 aromatic rings. The van der Waals surface area contributed by atoms with Crippen LogP contribution in [0.25, 0.3) is 11.5 Å². The van der Waals surface area contributed by atoms with Gasteiger partial charge in [-0.1, -0.05) is 12.1 Å². The molecule has 5 rings (SSSR count). The van der Waals surface area contributed by atoms with Gasteiger partial charge < -0.3 is 13.9 Å². The van der Waals surface area contributed by atoms with E-state index in [0.29, 0.717) is 40.6 Å². The van der Waals surface area contributed by atoms with E-state index in [0.717, 1.165) is 5.56 Å². The first-order valence-corrected chi connectivity index (χ1v) is 11.3. The number of fused-ring (bicyclic) bond motifs is 1. The Morgan fingerprint density at radius 1 is 0.970 bits per heavy atom. The zero-order valence-electron chi connectivity index (χ0n) is 17.1. The second kappa shape index (κ2) is 8.29. The predicted molar refractivity (Wildman–Crippen MR) is 117 cm³/mol. The summed E-state index contributed by atoms with van der Waals surface area (Å²) >= 11 is 0. The van der Waals surface area contributed by atoms with Crippen LogP contribution in [0.15, 0.2) is 76.0 Å². The van der Waals surface area contributed by atoms with Crippen molar-refractivity contribution in [2.45, 2.75) is 11.3 Å². The lowest BCUT2D eigenvalue weighted by atomic mass is 10.1. The molecule has 0 saturated carbocycles. The summed E-state index contributed by atoms with van der Waals surface area (Å²) in [6, 6.07) is 19.9. The summed E-state index contributed by atoms with van der Waals surface area (Å²) in [5.41, 5.74) is 2.22. The van der Waals surface area contributed by atoms with Crippen LogP contribution >= 0.6 is 0 Å². The van der Waals surface area contributed by atoms with Crippen molar-refractivity contribution in [2.24, 2.45) is 0 Å². The summed E-state index contributed by atoms with van der Waals surface area (Å²) in [7, 11) is -3.83. The molecule has 0 fully saturated rings. The summed E-state index contributed by atoms with van der Waals surface area (Å²) < 4.78 is 44.4. The van der Waals surface area contributed by atoms with Crippen LogP contribution in [0.4, 0.5) is 5.69 Å². The minimum atomic E-state index is -3.83. The van der Waals surface area contributed by atoms with Crippen molar-refractivity contribution in [3.8, 4) is 29.0 Å². The summed E-state index contributed by atoms with van der Waals surface area (Å²) in [6.45, 7) is 0.203. The first kappa shape index (κ1) is 20.5. The molecule has 0 bridgehead atoms. The standard InChI is InChI=1S/C23H16N4O5S/c24-13-15-4-7-19(8-5-15)33(28,29)27-18-3-1-2-17(12-18)23-26-25-22(32-23)11-16-6-9-20-21(10-16)31-14-30-20/h1-10,12,27H,11,14H2. The van der Waals surface area contributed by atoms with Crippen molar-refractivity contribution in [1.29, 1.82) is 5.26 Å². The van der Waals surface area contributed by atoms with Crippen molar-refractivity contribution < 1.29 is 22.3 Å². The highest BCUT2D eigenvalue weighted by molar-refractivity contribution is 7.92.